The Bertz CT molecular complexity index is 1200. The summed E-state index contributed by atoms with van der Waals surface area (Å²) in [6, 6.07) is 7.05. The molecule has 5 nitrogen and oxygen atoms in total. The lowest BCUT2D eigenvalue weighted by Crippen LogP contribution is -2.13. The van der Waals surface area contributed by atoms with Crippen LogP contribution in [0, 0.1) is 17.5 Å². The van der Waals surface area contributed by atoms with E-state index in [9.17, 15) is 26.4 Å². The predicted molar refractivity (Wildman–Crippen MR) is 98.7 cm³/mol. The molecule has 0 saturated carbocycles. The first-order valence-electron chi connectivity index (χ1n) is 8.13. The third-order valence-corrected chi connectivity index (χ3v) is 5.83. The first kappa shape index (κ1) is 20.9. The highest BCUT2D eigenvalue weighted by atomic mass is 35.5. The van der Waals surface area contributed by atoms with Crippen molar-refractivity contribution in [1.29, 1.82) is 0 Å². The molecule has 0 fully saturated rings. The van der Waals surface area contributed by atoms with Crippen molar-refractivity contribution in [3.63, 3.8) is 0 Å². The molecule has 0 spiro atoms. The summed E-state index contributed by atoms with van der Waals surface area (Å²) in [4.78, 5) is 19.1. The van der Waals surface area contributed by atoms with Crippen molar-refractivity contribution in [3.05, 3.63) is 88.2 Å². The molecule has 2 aromatic carbocycles. The van der Waals surface area contributed by atoms with Crippen LogP contribution in [0.25, 0.3) is 0 Å². The van der Waals surface area contributed by atoms with Crippen molar-refractivity contribution in [1.82, 2.24) is 9.97 Å². The average molecular weight is 441 g/mol. The lowest BCUT2D eigenvalue weighted by Gasteiger charge is -2.10. The third kappa shape index (κ3) is 4.80. The highest BCUT2D eigenvalue weighted by molar-refractivity contribution is 7.90. The minimum Gasteiger partial charge on any atom is -0.294 e. The molecule has 0 N–H and O–H groups in total. The average Bonchev–Trinajstić information content (AvgIpc) is 2.65. The van der Waals surface area contributed by atoms with Crippen LogP contribution < -0.4 is 0 Å². The molecule has 29 heavy (non-hydrogen) atoms. The van der Waals surface area contributed by atoms with Crippen molar-refractivity contribution in [2.75, 3.05) is 0 Å². The van der Waals surface area contributed by atoms with E-state index in [1.807, 2.05) is 0 Å². The number of ketones is 1. The van der Waals surface area contributed by atoms with Gasteiger partial charge in [-0.3, -0.25) is 4.79 Å². The number of nitrogens with zero attached hydrogens (tertiary/aromatic N) is 2. The van der Waals surface area contributed by atoms with E-state index in [2.05, 4.69) is 9.97 Å². The Kier molecular flexibility index (Phi) is 5.99. The van der Waals surface area contributed by atoms with E-state index < -0.39 is 43.7 Å². The summed E-state index contributed by atoms with van der Waals surface area (Å²) >= 11 is 5.65. The molecule has 0 atom stereocenters. The quantitative estimate of drug-likeness (QED) is 0.428. The highest BCUT2D eigenvalue weighted by Gasteiger charge is 2.24. The third-order valence-electron chi connectivity index (χ3n) is 3.98. The van der Waals surface area contributed by atoms with Crippen LogP contribution in [0.2, 0.25) is 5.28 Å². The molecule has 3 aromatic rings. The number of carbonyl (C=O) groups is 1. The van der Waals surface area contributed by atoms with E-state index in [-0.39, 0.29) is 28.5 Å². The Balaban J connectivity index is 1.90. The number of hydrogen-bond acceptors (Lipinski definition) is 5. The number of halogens is 4. The van der Waals surface area contributed by atoms with Crippen molar-refractivity contribution in [2.45, 2.75) is 17.1 Å². The molecule has 0 aliphatic carbocycles. The predicted octanol–water partition coefficient (Wildman–Crippen LogP) is 3.95. The van der Waals surface area contributed by atoms with Gasteiger partial charge in [-0.15, -0.1) is 0 Å². The van der Waals surface area contributed by atoms with E-state index in [1.165, 1.54) is 24.4 Å². The van der Waals surface area contributed by atoms with Gasteiger partial charge in [0.2, 0.25) is 5.28 Å². The van der Waals surface area contributed by atoms with Gasteiger partial charge in [-0.25, -0.2) is 31.6 Å². The standard InChI is InChI=1S/C19H12ClF3N2O3S/c20-19-24-7-6-13(25-19)9-16(26)14-3-1-2-11(18(14)23)10-29(27,28)17-8-12(21)4-5-15(17)22/h1-8H,9-10H2. The number of rotatable bonds is 6. The van der Waals surface area contributed by atoms with Gasteiger partial charge in [0.25, 0.3) is 0 Å². The van der Waals surface area contributed by atoms with Crippen LogP contribution >= 0.6 is 11.6 Å². The Labute approximate surface area is 169 Å². The number of aromatic nitrogens is 2. The van der Waals surface area contributed by atoms with Crippen LogP contribution in [0.15, 0.2) is 53.6 Å². The number of hydrogen-bond donors (Lipinski definition) is 0. The second-order valence-electron chi connectivity index (χ2n) is 6.03. The summed E-state index contributed by atoms with van der Waals surface area (Å²) in [6.45, 7) is 0. The first-order valence-corrected chi connectivity index (χ1v) is 10.2. The zero-order chi connectivity index (χ0) is 21.2. The van der Waals surface area contributed by atoms with Gasteiger partial charge in [0.15, 0.2) is 15.6 Å². The van der Waals surface area contributed by atoms with Gasteiger partial charge in [0.1, 0.15) is 22.3 Å². The van der Waals surface area contributed by atoms with E-state index in [0.717, 1.165) is 12.1 Å². The Hall–Kier alpha value is -2.78. The molecule has 1 heterocycles. The fraction of sp³-hybridized carbons (Fsp3) is 0.105. The molecule has 150 valence electrons. The molecule has 0 unspecified atom stereocenters. The van der Waals surface area contributed by atoms with Crippen LogP contribution in [-0.2, 0) is 22.0 Å². The molecular formula is C19H12ClF3N2O3S. The van der Waals surface area contributed by atoms with E-state index >= 15 is 0 Å². The maximum absolute atomic E-state index is 14.8. The maximum Gasteiger partial charge on any atom is 0.222 e. The normalized spacial score (nSPS) is 11.4. The van der Waals surface area contributed by atoms with Gasteiger partial charge in [-0.2, -0.15) is 0 Å². The highest BCUT2D eigenvalue weighted by Crippen LogP contribution is 2.24. The van der Waals surface area contributed by atoms with Gasteiger partial charge in [0, 0.05) is 11.8 Å². The number of benzene rings is 2. The molecule has 3 rings (SSSR count). The van der Waals surface area contributed by atoms with Crippen LogP contribution in [0.3, 0.4) is 0 Å². The summed E-state index contributed by atoms with van der Waals surface area (Å²) < 4.78 is 66.9. The Morgan fingerprint density at radius 1 is 1.07 bits per heavy atom. The van der Waals surface area contributed by atoms with Gasteiger partial charge < -0.3 is 0 Å². The number of sulfone groups is 1. The lowest BCUT2D eigenvalue weighted by molar-refractivity contribution is 0.0988. The van der Waals surface area contributed by atoms with E-state index in [1.54, 1.807) is 0 Å². The topological polar surface area (TPSA) is 77.0 Å². The molecular weight excluding hydrogens is 429 g/mol. The molecule has 0 aliphatic rings. The summed E-state index contributed by atoms with van der Waals surface area (Å²) in [5.41, 5.74) is -0.443. The molecule has 1 aromatic heterocycles. The second-order valence-corrected chi connectivity index (χ2v) is 8.33. The summed E-state index contributed by atoms with van der Waals surface area (Å²) in [5, 5.41) is -0.0762. The summed E-state index contributed by atoms with van der Waals surface area (Å²) in [6.07, 6.45) is 1.05. The second kappa shape index (κ2) is 8.30. The zero-order valence-electron chi connectivity index (χ0n) is 14.6. The monoisotopic (exact) mass is 440 g/mol. The largest absolute Gasteiger partial charge is 0.294 e. The Morgan fingerprint density at radius 3 is 2.55 bits per heavy atom. The van der Waals surface area contributed by atoms with Crippen LogP contribution in [0.5, 0.6) is 0 Å². The van der Waals surface area contributed by atoms with Crippen LogP contribution in [0.4, 0.5) is 13.2 Å². The lowest BCUT2D eigenvalue weighted by atomic mass is 10.0. The van der Waals surface area contributed by atoms with E-state index in [0.29, 0.717) is 12.1 Å². The fourth-order valence-electron chi connectivity index (χ4n) is 2.63. The minimum atomic E-state index is -4.40. The zero-order valence-corrected chi connectivity index (χ0v) is 16.1. The maximum atomic E-state index is 14.8. The molecule has 0 bridgehead atoms. The van der Waals surface area contributed by atoms with Gasteiger partial charge in [-0.05, 0) is 41.9 Å². The fourth-order valence-corrected chi connectivity index (χ4v) is 4.24. The van der Waals surface area contributed by atoms with Gasteiger partial charge in [-0.1, -0.05) is 12.1 Å². The van der Waals surface area contributed by atoms with Gasteiger partial charge >= 0.3 is 0 Å². The van der Waals surface area contributed by atoms with Crippen molar-refractivity contribution in [2.24, 2.45) is 0 Å². The van der Waals surface area contributed by atoms with Crippen LogP contribution in [0.1, 0.15) is 21.6 Å². The minimum absolute atomic E-state index is 0.0762. The molecule has 0 saturated heterocycles. The number of carbonyl (C=O) groups excluding carboxylic acids is 1. The molecule has 0 aliphatic heterocycles. The van der Waals surface area contributed by atoms with Crippen molar-refractivity contribution < 1.29 is 26.4 Å². The Morgan fingerprint density at radius 2 is 1.83 bits per heavy atom. The van der Waals surface area contributed by atoms with Crippen LogP contribution in [-0.4, -0.2) is 24.2 Å². The SMILES string of the molecule is O=C(Cc1ccnc(Cl)n1)c1cccc(CS(=O)(=O)c2cc(F)ccc2F)c1F. The first-order chi connectivity index (χ1) is 13.7. The van der Waals surface area contributed by atoms with E-state index in [4.69, 9.17) is 11.6 Å². The molecule has 0 amide bonds. The molecule has 10 heteroatoms. The summed E-state index contributed by atoms with van der Waals surface area (Å²) in [5.74, 6) is -4.76. The van der Waals surface area contributed by atoms with Crippen molar-refractivity contribution in [3.8, 4) is 0 Å². The number of Topliss-reactive ketones (excluding diaryl/α,β-unsaturated/α-hetero) is 1. The smallest absolute Gasteiger partial charge is 0.222 e. The van der Waals surface area contributed by atoms with Gasteiger partial charge in [0.05, 0.1) is 23.4 Å². The van der Waals surface area contributed by atoms with Crippen molar-refractivity contribution >= 4 is 27.2 Å². The molecule has 0 radical (unpaired) electrons. The summed E-state index contributed by atoms with van der Waals surface area (Å²) in [7, 11) is -4.40.